The maximum Gasteiger partial charge on any atom is 0.242 e. The van der Waals surface area contributed by atoms with Crippen LogP contribution in [-0.4, -0.2) is 69.7 Å². The molecule has 0 saturated heterocycles. The molecule has 2 aromatic carbocycles. The van der Waals surface area contributed by atoms with E-state index in [9.17, 15) is 14.7 Å². The van der Waals surface area contributed by atoms with E-state index in [0.29, 0.717) is 39.0 Å². The van der Waals surface area contributed by atoms with Gasteiger partial charge >= 0.3 is 0 Å². The molecule has 0 radical (unpaired) electrons. The van der Waals surface area contributed by atoms with Crippen molar-refractivity contribution in [3.8, 4) is 5.75 Å². The Bertz CT molecular complexity index is 1180. The number of imidazole rings is 1. The number of aromatic nitrogens is 2. The van der Waals surface area contributed by atoms with Crippen LogP contribution >= 0.6 is 0 Å². The monoisotopic (exact) mass is 577 g/mol. The van der Waals surface area contributed by atoms with Crippen LogP contribution in [0.25, 0.3) is 0 Å². The molecule has 3 aromatic rings. The molecule has 0 aliphatic heterocycles. The fourth-order valence-corrected chi connectivity index (χ4v) is 4.67. The number of hydrogen-bond donors (Lipinski definition) is 3. The van der Waals surface area contributed by atoms with E-state index in [4.69, 9.17) is 4.74 Å². The first kappa shape index (κ1) is 32.8. The van der Waals surface area contributed by atoms with Gasteiger partial charge < -0.3 is 25.0 Å². The largest absolute Gasteiger partial charge is 0.489 e. The van der Waals surface area contributed by atoms with Gasteiger partial charge in [-0.05, 0) is 62.4 Å². The average Bonchev–Trinajstić information content (AvgIpc) is 3.50. The van der Waals surface area contributed by atoms with Crippen LogP contribution in [0.3, 0.4) is 0 Å². The van der Waals surface area contributed by atoms with Crippen molar-refractivity contribution in [3.05, 3.63) is 84.4 Å². The van der Waals surface area contributed by atoms with Gasteiger partial charge in [0.25, 0.3) is 0 Å². The molecule has 3 N–H and O–H groups in total. The number of carbonyl (C=O) groups excluding carboxylic acids is 2. The third kappa shape index (κ3) is 11.7. The van der Waals surface area contributed by atoms with Gasteiger partial charge in [0.05, 0.1) is 18.5 Å². The molecule has 9 nitrogen and oxygen atoms in total. The third-order valence-corrected chi connectivity index (χ3v) is 7.12. The molecular weight excluding hydrogens is 530 g/mol. The molecule has 1 heterocycles. The highest BCUT2D eigenvalue weighted by atomic mass is 16.5. The summed E-state index contributed by atoms with van der Waals surface area (Å²) in [4.78, 5) is 33.0. The minimum Gasteiger partial charge on any atom is -0.489 e. The molecular formula is C33H47N5O4. The van der Waals surface area contributed by atoms with Crippen molar-refractivity contribution in [1.82, 2.24) is 25.1 Å². The van der Waals surface area contributed by atoms with E-state index >= 15 is 0 Å². The Morgan fingerprint density at radius 3 is 2.40 bits per heavy atom. The van der Waals surface area contributed by atoms with Crippen molar-refractivity contribution in [1.29, 1.82) is 0 Å². The summed E-state index contributed by atoms with van der Waals surface area (Å²) in [5.74, 6) is 0.629. The molecule has 0 spiro atoms. The normalized spacial score (nSPS) is 13.5. The first-order valence-electron chi connectivity index (χ1n) is 14.9. The van der Waals surface area contributed by atoms with E-state index < -0.39 is 18.2 Å². The van der Waals surface area contributed by atoms with Crippen LogP contribution in [0, 0.1) is 5.92 Å². The molecule has 228 valence electrons. The zero-order valence-corrected chi connectivity index (χ0v) is 25.4. The Hall–Kier alpha value is -3.69. The predicted octanol–water partition coefficient (Wildman–Crippen LogP) is 3.81. The lowest BCUT2D eigenvalue weighted by Crippen LogP contribution is -2.54. The second-order valence-electron chi connectivity index (χ2n) is 11.4. The van der Waals surface area contributed by atoms with Crippen molar-refractivity contribution in [2.75, 3.05) is 20.1 Å². The SMILES string of the molecule is CC(C)C[C@@H](C(=O)NC(Cc1ccc(OCc2ccccc2)cc1)C(=O)NCCCn1ccnc1)N(C)CC[C@H](C)O. The van der Waals surface area contributed by atoms with Gasteiger partial charge in [-0.25, -0.2) is 4.98 Å². The molecule has 1 unspecified atom stereocenters. The second-order valence-corrected chi connectivity index (χ2v) is 11.4. The number of nitrogens with zero attached hydrogens (tertiary/aromatic N) is 3. The van der Waals surface area contributed by atoms with Crippen molar-refractivity contribution in [3.63, 3.8) is 0 Å². The molecule has 0 fully saturated rings. The summed E-state index contributed by atoms with van der Waals surface area (Å²) in [5, 5.41) is 15.8. The number of rotatable bonds is 18. The zero-order valence-electron chi connectivity index (χ0n) is 25.4. The van der Waals surface area contributed by atoms with Gasteiger partial charge in [0, 0.05) is 38.4 Å². The van der Waals surface area contributed by atoms with Crippen LogP contribution < -0.4 is 15.4 Å². The van der Waals surface area contributed by atoms with Gasteiger partial charge in [0.2, 0.25) is 11.8 Å². The van der Waals surface area contributed by atoms with E-state index in [1.54, 1.807) is 19.4 Å². The molecule has 3 atom stereocenters. The Morgan fingerprint density at radius 1 is 1.02 bits per heavy atom. The summed E-state index contributed by atoms with van der Waals surface area (Å²) >= 11 is 0. The Balaban J connectivity index is 1.67. The Morgan fingerprint density at radius 2 is 1.76 bits per heavy atom. The number of nitrogens with one attached hydrogen (secondary N) is 2. The Labute approximate surface area is 250 Å². The van der Waals surface area contributed by atoms with E-state index in [2.05, 4.69) is 29.5 Å². The highest BCUT2D eigenvalue weighted by molar-refractivity contribution is 5.90. The van der Waals surface area contributed by atoms with E-state index in [1.807, 2.05) is 77.3 Å². The highest BCUT2D eigenvalue weighted by Gasteiger charge is 2.29. The van der Waals surface area contributed by atoms with E-state index in [-0.39, 0.29) is 17.7 Å². The quantitative estimate of drug-likeness (QED) is 0.199. The van der Waals surface area contributed by atoms with Crippen LogP contribution in [-0.2, 0) is 29.2 Å². The first-order chi connectivity index (χ1) is 20.2. The molecule has 9 heteroatoms. The minimum atomic E-state index is -0.735. The van der Waals surface area contributed by atoms with Gasteiger partial charge in [-0.1, -0.05) is 56.3 Å². The molecule has 0 aliphatic rings. The lowest BCUT2D eigenvalue weighted by Gasteiger charge is -2.30. The molecule has 0 saturated carbocycles. The molecule has 3 rings (SSSR count). The number of aliphatic hydroxyl groups is 1. The zero-order chi connectivity index (χ0) is 30.3. The lowest BCUT2D eigenvalue weighted by molar-refractivity contribution is -0.132. The molecule has 0 bridgehead atoms. The van der Waals surface area contributed by atoms with E-state index in [0.717, 1.165) is 29.8 Å². The predicted molar refractivity (Wildman–Crippen MR) is 165 cm³/mol. The fourth-order valence-electron chi connectivity index (χ4n) is 4.67. The number of amides is 2. The number of benzene rings is 2. The lowest BCUT2D eigenvalue weighted by atomic mass is 10.00. The number of likely N-dealkylation sites (N-methyl/N-ethyl adjacent to an activating group) is 1. The number of aliphatic hydroxyl groups excluding tert-OH is 1. The number of aryl methyl sites for hydroxylation is 1. The topological polar surface area (TPSA) is 109 Å². The summed E-state index contributed by atoms with van der Waals surface area (Å²) in [7, 11) is 1.90. The van der Waals surface area contributed by atoms with Crippen LogP contribution in [0.15, 0.2) is 73.3 Å². The number of ether oxygens (including phenoxy) is 1. The minimum absolute atomic E-state index is 0.182. The molecule has 2 amide bonds. The number of hydrogen-bond acceptors (Lipinski definition) is 6. The second kappa shape index (κ2) is 17.3. The van der Waals surface area contributed by atoms with Crippen molar-refractivity contribution in [2.45, 2.75) is 77.8 Å². The van der Waals surface area contributed by atoms with Crippen LogP contribution in [0.4, 0.5) is 0 Å². The van der Waals surface area contributed by atoms with Gasteiger partial charge in [0.1, 0.15) is 18.4 Å². The van der Waals surface area contributed by atoms with Crippen molar-refractivity contribution >= 4 is 11.8 Å². The van der Waals surface area contributed by atoms with E-state index in [1.165, 1.54) is 0 Å². The van der Waals surface area contributed by atoms with Gasteiger partial charge in [-0.15, -0.1) is 0 Å². The van der Waals surface area contributed by atoms with Crippen molar-refractivity contribution in [2.24, 2.45) is 5.92 Å². The van der Waals surface area contributed by atoms with Crippen LogP contribution in [0.2, 0.25) is 0 Å². The first-order valence-corrected chi connectivity index (χ1v) is 14.9. The summed E-state index contributed by atoms with van der Waals surface area (Å²) < 4.78 is 7.88. The molecule has 1 aromatic heterocycles. The smallest absolute Gasteiger partial charge is 0.242 e. The summed E-state index contributed by atoms with van der Waals surface area (Å²) in [6, 6.07) is 16.5. The summed E-state index contributed by atoms with van der Waals surface area (Å²) in [6.45, 7) is 8.18. The average molecular weight is 578 g/mol. The van der Waals surface area contributed by atoms with Gasteiger partial charge in [-0.3, -0.25) is 14.5 Å². The van der Waals surface area contributed by atoms with Crippen molar-refractivity contribution < 1.29 is 19.4 Å². The standard InChI is InChI=1S/C33H47N5O4/c1-25(2)21-31(37(4)19-15-26(3)39)33(41)36-30(32(40)35-16-8-18-38-20-17-34-24-38)22-27-11-13-29(14-12-27)42-23-28-9-6-5-7-10-28/h5-7,9-14,17,20,24-26,30-31,39H,8,15-16,18-19,21-23H2,1-4H3,(H,35,40)(H,36,41)/t26-,30?,31-/m0/s1. The maximum absolute atomic E-state index is 13.6. The summed E-state index contributed by atoms with van der Waals surface area (Å²) in [6.07, 6.45) is 7.23. The third-order valence-electron chi connectivity index (χ3n) is 7.12. The highest BCUT2D eigenvalue weighted by Crippen LogP contribution is 2.17. The van der Waals surface area contributed by atoms with Crippen LogP contribution in [0.1, 0.15) is 51.2 Å². The van der Waals surface area contributed by atoms with Gasteiger partial charge in [0.15, 0.2) is 0 Å². The Kier molecular flexibility index (Phi) is 13.5. The van der Waals surface area contributed by atoms with Crippen LogP contribution in [0.5, 0.6) is 5.75 Å². The summed E-state index contributed by atoms with van der Waals surface area (Å²) in [5.41, 5.74) is 2.01. The molecule has 42 heavy (non-hydrogen) atoms. The molecule has 0 aliphatic carbocycles. The van der Waals surface area contributed by atoms with Gasteiger partial charge in [-0.2, -0.15) is 0 Å². The number of carbonyl (C=O) groups is 2. The fraction of sp³-hybridized carbons (Fsp3) is 0.485. The maximum atomic E-state index is 13.6.